The molecule has 2 heterocycles. The van der Waals surface area contributed by atoms with Gasteiger partial charge < -0.3 is 19.9 Å². The van der Waals surface area contributed by atoms with Crippen LogP contribution in [0.1, 0.15) is 17.2 Å². The van der Waals surface area contributed by atoms with E-state index in [1.807, 2.05) is 48.5 Å². The van der Waals surface area contributed by atoms with Crippen LogP contribution in [0.3, 0.4) is 0 Å². The van der Waals surface area contributed by atoms with Gasteiger partial charge in [0.15, 0.2) is 11.7 Å². The van der Waals surface area contributed by atoms with Crippen molar-refractivity contribution in [2.45, 2.75) is 12.3 Å². The van der Waals surface area contributed by atoms with Gasteiger partial charge in [0.2, 0.25) is 5.91 Å². The maximum absolute atomic E-state index is 13.0. The molecule has 3 aromatic rings. The van der Waals surface area contributed by atoms with Crippen LogP contribution in [0.25, 0.3) is 11.0 Å². The smallest absolute Gasteiger partial charge is 0.243 e. The highest BCUT2D eigenvalue weighted by Gasteiger charge is 2.29. The van der Waals surface area contributed by atoms with Crippen molar-refractivity contribution >= 4 is 22.8 Å². The lowest BCUT2D eigenvalue weighted by atomic mass is 10.0. The van der Waals surface area contributed by atoms with Crippen molar-refractivity contribution in [1.82, 2.24) is 20.2 Å². The van der Waals surface area contributed by atoms with Gasteiger partial charge in [-0.3, -0.25) is 4.79 Å². The summed E-state index contributed by atoms with van der Waals surface area (Å²) in [5.41, 5.74) is 2.93. The molecule has 1 N–H and O–H groups in total. The minimum Gasteiger partial charge on any atom is -0.497 e. The fourth-order valence-electron chi connectivity index (χ4n) is 3.92. The number of rotatable bonds is 7. The van der Waals surface area contributed by atoms with Crippen LogP contribution in [0.15, 0.2) is 48.5 Å². The van der Waals surface area contributed by atoms with Gasteiger partial charge in [0.05, 0.1) is 24.2 Å². The number of likely N-dealkylation sites (N-methyl/N-ethyl adjacent to an activating group) is 1. The zero-order chi connectivity index (χ0) is 23.2. The molecule has 1 saturated heterocycles. The number of benzene rings is 2. The van der Waals surface area contributed by atoms with Gasteiger partial charge in [0.1, 0.15) is 11.4 Å². The first-order valence-electron chi connectivity index (χ1n) is 11.1. The molecule has 1 aromatic heterocycles. The van der Waals surface area contributed by atoms with Crippen LogP contribution >= 0.6 is 0 Å². The SMILES string of the molecule is COc1ccc(CCNC(=O)[C@@H](C#N)c2nc3ccccc3nc2N2CCN(C)CC2)cc1. The van der Waals surface area contributed by atoms with Gasteiger partial charge in [0.25, 0.3) is 0 Å². The molecule has 8 heteroatoms. The zero-order valence-electron chi connectivity index (χ0n) is 19.0. The summed E-state index contributed by atoms with van der Waals surface area (Å²) in [6.07, 6.45) is 0.655. The first-order chi connectivity index (χ1) is 16.1. The molecule has 0 bridgehead atoms. The van der Waals surface area contributed by atoms with Gasteiger partial charge in [-0.2, -0.15) is 5.26 Å². The van der Waals surface area contributed by atoms with E-state index in [0.717, 1.165) is 43.0 Å². The second kappa shape index (κ2) is 10.3. The van der Waals surface area contributed by atoms with Crippen LogP contribution in [-0.4, -0.2) is 67.7 Å². The summed E-state index contributed by atoms with van der Waals surface area (Å²) in [7, 11) is 3.71. The minimum absolute atomic E-state index is 0.356. The number of ether oxygens (including phenoxy) is 1. The van der Waals surface area contributed by atoms with E-state index in [-0.39, 0.29) is 5.91 Å². The quantitative estimate of drug-likeness (QED) is 0.598. The third-order valence-electron chi connectivity index (χ3n) is 5.92. The number of aromatic nitrogens is 2. The summed E-state index contributed by atoms with van der Waals surface area (Å²) in [4.78, 5) is 27.0. The van der Waals surface area contributed by atoms with Gasteiger partial charge in [-0.15, -0.1) is 0 Å². The number of methoxy groups -OCH3 is 1. The van der Waals surface area contributed by atoms with Crippen LogP contribution in [0.2, 0.25) is 0 Å². The Labute approximate surface area is 193 Å². The van der Waals surface area contributed by atoms with E-state index in [0.29, 0.717) is 30.0 Å². The number of fused-ring (bicyclic) bond motifs is 1. The van der Waals surface area contributed by atoms with Crippen molar-refractivity contribution < 1.29 is 9.53 Å². The second-order valence-corrected chi connectivity index (χ2v) is 8.16. The van der Waals surface area contributed by atoms with Crippen LogP contribution in [0.5, 0.6) is 5.75 Å². The predicted octanol–water partition coefficient (Wildman–Crippen LogP) is 2.36. The van der Waals surface area contributed by atoms with E-state index >= 15 is 0 Å². The molecule has 1 aliphatic rings. The van der Waals surface area contributed by atoms with Gasteiger partial charge >= 0.3 is 0 Å². The number of nitriles is 1. The maximum Gasteiger partial charge on any atom is 0.243 e. The third kappa shape index (κ3) is 5.21. The largest absolute Gasteiger partial charge is 0.497 e. The summed E-state index contributed by atoms with van der Waals surface area (Å²) in [5, 5.41) is 12.8. The Bertz CT molecular complexity index is 1150. The molecule has 33 heavy (non-hydrogen) atoms. The van der Waals surface area contributed by atoms with Gasteiger partial charge in [0, 0.05) is 32.7 Å². The van der Waals surface area contributed by atoms with Crippen molar-refractivity contribution in [3.63, 3.8) is 0 Å². The molecule has 2 aromatic carbocycles. The van der Waals surface area contributed by atoms with E-state index < -0.39 is 5.92 Å². The van der Waals surface area contributed by atoms with Crippen molar-refractivity contribution in [2.75, 3.05) is 51.8 Å². The number of para-hydroxylation sites is 2. The Kier molecular flexibility index (Phi) is 7.01. The average molecular weight is 445 g/mol. The maximum atomic E-state index is 13.0. The normalized spacial score (nSPS) is 15.1. The van der Waals surface area contributed by atoms with Crippen LogP contribution in [0.4, 0.5) is 5.82 Å². The van der Waals surface area contributed by atoms with Crippen molar-refractivity contribution in [1.29, 1.82) is 5.26 Å². The highest BCUT2D eigenvalue weighted by Crippen LogP contribution is 2.28. The first kappa shape index (κ1) is 22.5. The third-order valence-corrected chi connectivity index (χ3v) is 5.92. The second-order valence-electron chi connectivity index (χ2n) is 8.16. The standard InChI is InChI=1S/C25H28N6O2/c1-30-13-15-31(16-14-30)24-23(28-21-5-3-4-6-22(21)29-24)20(17-26)25(32)27-12-11-18-7-9-19(33-2)10-8-18/h3-10,20H,11-16H2,1-2H3,(H,27,32)/t20-/m0/s1. The zero-order valence-corrected chi connectivity index (χ0v) is 19.0. The number of hydrogen-bond donors (Lipinski definition) is 1. The summed E-state index contributed by atoms with van der Waals surface area (Å²) >= 11 is 0. The highest BCUT2D eigenvalue weighted by molar-refractivity contribution is 5.88. The average Bonchev–Trinajstić information content (AvgIpc) is 2.85. The number of piperazine rings is 1. The van der Waals surface area contributed by atoms with Crippen molar-refractivity contribution in [3.8, 4) is 11.8 Å². The summed E-state index contributed by atoms with van der Waals surface area (Å²) in [6, 6.07) is 17.4. The summed E-state index contributed by atoms with van der Waals surface area (Å²) in [6.45, 7) is 3.74. The number of hydrogen-bond acceptors (Lipinski definition) is 7. The number of nitrogens with zero attached hydrogens (tertiary/aromatic N) is 5. The minimum atomic E-state index is -1.03. The molecule has 0 unspecified atom stereocenters. The Morgan fingerprint density at radius 2 is 1.76 bits per heavy atom. The van der Waals surface area contributed by atoms with E-state index in [1.54, 1.807) is 7.11 Å². The highest BCUT2D eigenvalue weighted by atomic mass is 16.5. The molecule has 1 atom stereocenters. The fraction of sp³-hybridized carbons (Fsp3) is 0.360. The molecule has 1 aliphatic heterocycles. The molecule has 0 spiro atoms. The van der Waals surface area contributed by atoms with Crippen molar-refractivity contribution in [3.05, 3.63) is 59.8 Å². The molecule has 0 radical (unpaired) electrons. The molecular formula is C25H28N6O2. The van der Waals surface area contributed by atoms with Gasteiger partial charge in [-0.1, -0.05) is 24.3 Å². The first-order valence-corrected chi connectivity index (χ1v) is 11.1. The molecule has 1 fully saturated rings. The summed E-state index contributed by atoms with van der Waals surface area (Å²) in [5.74, 6) is 0.0240. The number of carbonyl (C=O) groups excluding carboxylic acids is 1. The lowest BCUT2D eigenvalue weighted by Crippen LogP contribution is -2.45. The van der Waals surface area contributed by atoms with Crippen LogP contribution in [0, 0.1) is 11.3 Å². The molecule has 8 nitrogen and oxygen atoms in total. The van der Waals surface area contributed by atoms with Crippen LogP contribution in [-0.2, 0) is 11.2 Å². The number of nitrogens with one attached hydrogen (secondary N) is 1. The lowest BCUT2D eigenvalue weighted by molar-refractivity contribution is -0.121. The topological polar surface area (TPSA) is 94.4 Å². The Morgan fingerprint density at radius 1 is 1.09 bits per heavy atom. The monoisotopic (exact) mass is 444 g/mol. The Morgan fingerprint density at radius 3 is 2.39 bits per heavy atom. The van der Waals surface area contributed by atoms with E-state index in [2.05, 4.69) is 28.2 Å². The number of anilines is 1. The van der Waals surface area contributed by atoms with E-state index in [1.165, 1.54) is 0 Å². The van der Waals surface area contributed by atoms with Crippen molar-refractivity contribution in [2.24, 2.45) is 0 Å². The van der Waals surface area contributed by atoms with Crippen LogP contribution < -0.4 is 15.0 Å². The van der Waals surface area contributed by atoms with Gasteiger partial charge in [-0.05, 0) is 43.3 Å². The van der Waals surface area contributed by atoms with E-state index in [9.17, 15) is 10.1 Å². The molecule has 0 aliphatic carbocycles. The molecule has 0 saturated carbocycles. The van der Waals surface area contributed by atoms with Gasteiger partial charge in [-0.25, -0.2) is 9.97 Å². The lowest BCUT2D eigenvalue weighted by Gasteiger charge is -2.34. The number of carbonyl (C=O) groups is 1. The molecule has 1 amide bonds. The predicted molar refractivity (Wildman–Crippen MR) is 127 cm³/mol. The van der Waals surface area contributed by atoms with E-state index in [4.69, 9.17) is 14.7 Å². The summed E-state index contributed by atoms with van der Waals surface area (Å²) < 4.78 is 5.18. The fourth-order valence-corrected chi connectivity index (χ4v) is 3.92. The number of amides is 1. The molecule has 4 rings (SSSR count). The molecule has 170 valence electrons. The Balaban J connectivity index is 1.54. The molecular weight excluding hydrogens is 416 g/mol. The Hall–Kier alpha value is -3.70.